The number of anilines is 3. The number of hydrogen-bond acceptors (Lipinski definition) is 5. The van der Waals surface area contributed by atoms with Crippen LogP contribution in [0.3, 0.4) is 0 Å². The molecule has 0 aromatic heterocycles. The van der Waals surface area contributed by atoms with Crippen molar-refractivity contribution in [3.8, 4) is 0 Å². The topological polar surface area (TPSA) is 109 Å². The van der Waals surface area contributed by atoms with Gasteiger partial charge in [0.25, 0.3) is 5.91 Å². The van der Waals surface area contributed by atoms with Crippen molar-refractivity contribution in [1.82, 2.24) is 5.32 Å². The molecular formula is C24H30N4O4. The minimum Gasteiger partial charge on any atom is -0.376 e. The molecule has 1 aliphatic heterocycles. The van der Waals surface area contributed by atoms with Gasteiger partial charge in [-0.05, 0) is 55.3 Å². The largest absolute Gasteiger partial charge is 0.376 e. The van der Waals surface area contributed by atoms with E-state index in [4.69, 9.17) is 4.74 Å². The molecule has 0 aliphatic carbocycles. The highest BCUT2D eigenvalue weighted by molar-refractivity contribution is 5.96. The highest BCUT2D eigenvalue weighted by Crippen LogP contribution is 2.16. The lowest BCUT2D eigenvalue weighted by Crippen LogP contribution is -2.31. The molecule has 170 valence electrons. The molecule has 0 saturated carbocycles. The summed E-state index contributed by atoms with van der Waals surface area (Å²) in [5, 5.41) is 11.5. The van der Waals surface area contributed by atoms with E-state index < -0.39 is 0 Å². The highest BCUT2D eigenvalue weighted by Gasteiger charge is 2.16. The fourth-order valence-electron chi connectivity index (χ4n) is 3.20. The first-order valence-electron chi connectivity index (χ1n) is 10.9. The van der Waals surface area contributed by atoms with Crippen molar-refractivity contribution in [2.45, 2.75) is 32.8 Å². The number of hydrogen-bond donors (Lipinski definition) is 4. The number of nitrogens with one attached hydrogen (secondary N) is 4. The summed E-state index contributed by atoms with van der Waals surface area (Å²) in [5.74, 6) is -0.583. The first-order valence-corrected chi connectivity index (χ1v) is 10.9. The Hall–Kier alpha value is -3.39. The van der Waals surface area contributed by atoms with Gasteiger partial charge in [0.2, 0.25) is 11.8 Å². The lowest BCUT2D eigenvalue weighted by molar-refractivity contribution is -0.119. The number of rotatable bonds is 9. The van der Waals surface area contributed by atoms with E-state index in [1.807, 2.05) is 13.8 Å². The Morgan fingerprint density at radius 2 is 1.72 bits per heavy atom. The molecule has 3 rings (SSSR count). The Bertz CT molecular complexity index is 937. The van der Waals surface area contributed by atoms with Crippen molar-refractivity contribution >= 4 is 34.8 Å². The number of benzene rings is 2. The van der Waals surface area contributed by atoms with Crippen LogP contribution < -0.4 is 21.3 Å². The predicted octanol–water partition coefficient (Wildman–Crippen LogP) is 3.24. The first-order chi connectivity index (χ1) is 15.4. The summed E-state index contributed by atoms with van der Waals surface area (Å²) in [6, 6.07) is 14.0. The van der Waals surface area contributed by atoms with Crippen LogP contribution >= 0.6 is 0 Å². The molecule has 1 unspecified atom stereocenters. The molecule has 2 aromatic rings. The number of carbonyl (C=O) groups is 3. The van der Waals surface area contributed by atoms with Crippen LogP contribution in [-0.2, 0) is 14.3 Å². The van der Waals surface area contributed by atoms with Gasteiger partial charge in [-0.1, -0.05) is 19.9 Å². The lowest BCUT2D eigenvalue weighted by Gasteiger charge is -2.12. The van der Waals surface area contributed by atoms with Gasteiger partial charge in [-0.15, -0.1) is 0 Å². The summed E-state index contributed by atoms with van der Waals surface area (Å²) < 4.78 is 5.51. The molecule has 1 fully saturated rings. The van der Waals surface area contributed by atoms with Crippen LogP contribution in [0, 0.1) is 5.92 Å². The molecule has 8 heteroatoms. The number of amides is 3. The minimum atomic E-state index is -0.226. The quantitative estimate of drug-likeness (QED) is 0.481. The molecule has 0 radical (unpaired) electrons. The number of ether oxygens (including phenoxy) is 1. The Labute approximate surface area is 188 Å². The van der Waals surface area contributed by atoms with E-state index in [1.54, 1.807) is 48.5 Å². The van der Waals surface area contributed by atoms with Gasteiger partial charge in [-0.25, -0.2) is 0 Å². The molecule has 8 nitrogen and oxygen atoms in total. The molecule has 1 aliphatic rings. The van der Waals surface area contributed by atoms with Crippen LogP contribution in [0.25, 0.3) is 0 Å². The van der Waals surface area contributed by atoms with Gasteiger partial charge in [-0.3, -0.25) is 14.4 Å². The second-order valence-corrected chi connectivity index (χ2v) is 8.05. The average Bonchev–Trinajstić information content (AvgIpc) is 3.30. The Morgan fingerprint density at radius 3 is 2.38 bits per heavy atom. The third-order valence-electron chi connectivity index (χ3n) is 5.05. The lowest BCUT2D eigenvalue weighted by atomic mass is 10.2. The van der Waals surface area contributed by atoms with E-state index in [0.29, 0.717) is 23.5 Å². The molecule has 1 heterocycles. The Kier molecular flexibility index (Phi) is 8.21. The van der Waals surface area contributed by atoms with Crippen LogP contribution in [0.15, 0.2) is 48.5 Å². The summed E-state index contributed by atoms with van der Waals surface area (Å²) in [7, 11) is 0. The van der Waals surface area contributed by atoms with E-state index in [-0.39, 0.29) is 36.3 Å². The fourth-order valence-corrected chi connectivity index (χ4v) is 3.20. The Balaban J connectivity index is 1.44. The van der Waals surface area contributed by atoms with Crippen LogP contribution in [-0.4, -0.2) is 43.5 Å². The summed E-state index contributed by atoms with van der Waals surface area (Å²) >= 11 is 0. The van der Waals surface area contributed by atoms with Crippen molar-refractivity contribution in [2.24, 2.45) is 5.92 Å². The second-order valence-electron chi connectivity index (χ2n) is 8.05. The van der Waals surface area contributed by atoms with Crippen LogP contribution in [0.5, 0.6) is 0 Å². The van der Waals surface area contributed by atoms with Crippen LogP contribution in [0.1, 0.15) is 37.0 Å². The smallest absolute Gasteiger partial charge is 0.251 e. The predicted molar refractivity (Wildman–Crippen MR) is 125 cm³/mol. The normalized spacial score (nSPS) is 15.3. The van der Waals surface area contributed by atoms with Crippen molar-refractivity contribution in [3.05, 3.63) is 54.1 Å². The van der Waals surface area contributed by atoms with Crippen molar-refractivity contribution in [1.29, 1.82) is 0 Å². The summed E-state index contributed by atoms with van der Waals surface area (Å²) in [6.45, 7) is 4.97. The molecule has 32 heavy (non-hydrogen) atoms. The maximum atomic E-state index is 12.3. The maximum absolute atomic E-state index is 12.3. The monoisotopic (exact) mass is 438 g/mol. The summed E-state index contributed by atoms with van der Waals surface area (Å²) in [4.78, 5) is 36.3. The van der Waals surface area contributed by atoms with Crippen molar-refractivity contribution in [2.75, 3.05) is 35.6 Å². The first kappa shape index (κ1) is 23.3. The van der Waals surface area contributed by atoms with Crippen molar-refractivity contribution in [3.63, 3.8) is 0 Å². The highest BCUT2D eigenvalue weighted by atomic mass is 16.5. The van der Waals surface area contributed by atoms with E-state index in [1.165, 1.54) is 0 Å². The number of carbonyl (C=O) groups excluding carboxylic acids is 3. The second kappa shape index (κ2) is 11.3. The van der Waals surface area contributed by atoms with Gasteiger partial charge >= 0.3 is 0 Å². The molecule has 4 N–H and O–H groups in total. The molecule has 1 atom stereocenters. The van der Waals surface area contributed by atoms with Crippen LogP contribution in [0.4, 0.5) is 17.1 Å². The van der Waals surface area contributed by atoms with E-state index in [0.717, 1.165) is 25.1 Å². The third-order valence-corrected chi connectivity index (χ3v) is 5.05. The summed E-state index contributed by atoms with van der Waals surface area (Å²) in [5.41, 5.74) is 2.51. The molecule has 0 spiro atoms. The molecule has 3 amide bonds. The van der Waals surface area contributed by atoms with Gasteiger partial charge < -0.3 is 26.0 Å². The van der Waals surface area contributed by atoms with E-state index >= 15 is 0 Å². The molecule has 1 saturated heterocycles. The van der Waals surface area contributed by atoms with Gasteiger partial charge in [0.1, 0.15) is 0 Å². The van der Waals surface area contributed by atoms with Gasteiger partial charge in [-0.2, -0.15) is 0 Å². The maximum Gasteiger partial charge on any atom is 0.251 e. The van der Waals surface area contributed by atoms with E-state index in [2.05, 4.69) is 21.3 Å². The fraction of sp³-hybridized carbons (Fsp3) is 0.375. The van der Waals surface area contributed by atoms with Crippen molar-refractivity contribution < 1.29 is 19.1 Å². The van der Waals surface area contributed by atoms with Gasteiger partial charge in [0.15, 0.2) is 0 Å². The van der Waals surface area contributed by atoms with E-state index in [9.17, 15) is 14.4 Å². The zero-order valence-corrected chi connectivity index (χ0v) is 18.4. The van der Waals surface area contributed by atoms with Gasteiger partial charge in [0.05, 0.1) is 12.6 Å². The molecule has 2 aromatic carbocycles. The third kappa shape index (κ3) is 7.09. The standard InChI is InChI=1S/C24H30N4O4/c1-16(2)23(30)28-20-6-3-5-19(13-20)27-22(29)15-25-18-10-8-17(9-11-18)24(31)26-14-21-7-4-12-32-21/h3,5-6,8-11,13,16,21,25H,4,7,12,14-15H2,1-2H3,(H,26,31)(H,27,29)(H,28,30). The van der Waals surface area contributed by atoms with Gasteiger partial charge in [0, 0.05) is 41.7 Å². The SMILES string of the molecule is CC(C)C(=O)Nc1cccc(NC(=O)CNc2ccc(C(=O)NCC3CCCO3)cc2)c1. The minimum absolute atomic E-state index is 0.0626. The zero-order valence-electron chi connectivity index (χ0n) is 18.4. The van der Waals surface area contributed by atoms with Crippen LogP contribution in [0.2, 0.25) is 0 Å². The summed E-state index contributed by atoms with van der Waals surface area (Å²) in [6.07, 6.45) is 2.11. The average molecular weight is 439 g/mol. The molecule has 0 bridgehead atoms. The zero-order chi connectivity index (χ0) is 22.9. The Morgan fingerprint density at radius 1 is 1.00 bits per heavy atom. The molecular weight excluding hydrogens is 408 g/mol.